The van der Waals surface area contributed by atoms with Crippen molar-refractivity contribution in [3.05, 3.63) is 59.1 Å². The molecule has 22 heavy (non-hydrogen) atoms. The van der Waals surface area contributed by atoms with Crippen LogP contribution in [0.25, 0.3) is 10.2 Å². The lowest BCUT2D eigenvalue weighted by Crippen LogP contribution is -2.04. The molecule has 0 unspecified atom stereocenters. The number of para-hydroxylation sites is 1. The highest BCUT2D eigenvalue weighted by Crippen LogP contribution is 2.23. The molecular weight excluding hydrogens is 298 g/mol. The molecule has 0 saturated carbocycles. The number of hydrogen-bond donors (Lipinski definition) is 0. The minimum atomic E-state index is -0.261. The third kappa shape index (κ3) is 3.43. The van der Waals surface area contributed by atoms with Crippen LogP contribution in [0.4, 0.5) is 0 Å². The molecule has 2 aromatic carbocycles. The van der Waals surface area contributed by atoms with Crippen LogP contribution in [0.3, 0.4) is 0 Å². The highest BCUT2D eigenvalue weighted by atomic mass is 32.1. The molecule has 0 amide bonds. The van der Waals surface area contributed by atoms with Gasteiger partial charge in [0.25, 0.3) is 0 Å². The second-order valence-electron chi connectivity index (χ2n) is 4.76. The fraction of sp³-hybridized carbons (Fsp3) is 0.176. The SMILES string of the molecule is COC(=O)Cc1cccc(OCc2nc3ccccc3s2)c1. The standard InChI is InChI=1S/C17H15NO3S/c1-20-17(19)10-12-5-4-6-13(9-12)21-11-16-18-14-7-2-3-8-15(14)22-16/h2-9H,10-11H2,1H3. The molecule has 112 valence electrons. The number of benzene rings is 2. The maximum atomic E-state index is 11.3. The summed E-state index contributed by atoms with van der Waals surface area (Å²) in [5.74, 6) is 0.462. The summed E-state index contributed by atoms with van der Waals surface area (Å²) in [7, 11) is 1.38. The maximum Gasteiger partial charge on any atom is 0.309 e. The van der Waals surface area contributed by atoms with Gasteiger partial charge in [-0.1, -0.05) is 24.3 Å². The van der Waals surface area contributed by atoms with E-state index in [4.69, 9.17) is 4.74 Å². The van der Waals surface area contributed by atoms with Crippen molar-refractivity contribution in [1.82, 2.24) is 4.98 Å². The van der Waals surface area contributed by atoms with Crippen molar-refractivity contribution in [2.45, 2.75) is 13.0 Å². The molecule has 0 radical (unpaired) electrons. The van der Waals surface area contributed by atoms with E-state index in [2.05, 4.69) is 9.72 Å². The zero-order chi connectivity index (χ0) is 15.4. The van der Waals surface area contributed by atoms with Crippen molar-refractivity contribution in [3.8, 4) is 5.75 Å². The molecule has 5 heteroatoms. The fourth-order valence-electron chi connectivity index (χ4n) is 2.11. The number of thiazole rings is 1. The molecular formula is C17H15NO3S. The minimum Gasteiger partial charge on any atom is -0.486 e. The summed E-state index contributed by atoms with van der Waals surface area (Å²) in [6.45, 7) is 0.418. The Morgan fingerprint density at radius 3 is 2.86 bits per heavy atom. The van der Waals surface area contributed by atoms with E-state index in [-0.39, 0.29) is 12.4 Å². The normalized spacial score (nSPS) is 10.6. The zero-order valence-corrected chi connectivity index (χ0v) is 12.9. The third-order valence-corrected chi connectivity index (χ3v) is 4.18. The van der Waals surface area contributed by atoms with Crippen molar-refractivity contribution >= 4 is 27.5 Å². The van der Waals surface area contributed by atoms with Gasteiger partial charge in [-0.15, -0.1) is 11.3 Å². The van der Waals surface area contributed by atoms with Crippen LogP contribution in [-0.4, -0.2) is 18.1 Å². The number of carbonyl (C=O) groups is 1. The van der Waals surface area contributed by atoms with Crippen LogP contribution < -0.4 is 4.74 Å². The number of esters is 1. The Kier molecular flexibility index (Phi) is 4.34. The summed E-state index contributed by atoms with van der Waals surface area (Å²) in [6.07, 6.45) is 0.245. The molecule has 3 rings (SSSR count). The molecule has 0 aliphatic heterocycles. The third-order valence-electron chi connectivity index (χ3n) is 3.18. The molecule has 0 saturated heterocycles. The van der Waals surface area contributed by atoms with Gasteiger partial charge in [-0.2, -0.15) is 0 Å². The quantitative estimate of drug-likeness (QED) is 0.675. The van der Waals surface area contributed by atoms with E-state index in [0.29, 0.717) is 6.61 Å². The highest BCUT2D eigenvalue weighted by Gasteiger charge is 2.06. The molecule has 0 bridgehead atoms. The van der Waals surface area contributed by atoms with E-state index >= 15 is 0 Å². The van der Waals surface area contributed by atoms with Crippen molar-refractivity contribution in [1.29, 1.82) is 0 Å². The van der Waals surface area contributed by atoms with Crippen LogP contribution in [-0.2, 0) is 22.6 Å². The monoisotopic (exact) mass is 313 g/mol. The fourth-order valence-corrected chi connectivity index (χ4v) is 2.99. The molecule has 0 aliphatic rings. The first-order valence-corrected chi connectivity index (χ1v) is 7.69. The van der Waals surface area contributed by atoms with E-state index in [0.717, 1.165) is 26.5 Å². The first kappa shape index (κ1) is 14.5. The van der Waals surface area contributed by atoms with E-state index in [1.807, 2.05) is 48.5 Å². The first-order valence-electron chi connectivity index (χ1n) is 6.87. The summed E-state index contributed by atoms with van der Waals surface area (Å²) in [4.78, 5) is 15.8. The summed E-state index contributed by atoms with van der Waals surface area (Å²) < 4.78 is 11.6. The predicted octanol–water partition coefficient (Wildman–Crippen LogP) is 3.59. The largest absolute Gasteiger partial charge is 0.486 e. The molecule has 0 N–H and O–H groups in total. The number of nitrogens with zero attached hydrogens (tertiary/aromatic N) is 1. The van der Waals surface area contributed by atoms with Gasteiger partial charge >= 0.3 is 5.97 Å². The number of rotatable bonds is 5. The summed E-state index contributed by atoms with van der Waals surface area (Å²) in [5.41, 5.74) is 1.86. The van der Waals surface area contributed by atoms with Gasteiger partial charge in [-0.05, 0) is 29.8 Å². The lowest BCUT2D eigenvalue weighted by atomic mass is 10.1. The number of ether oxygens (including phenoxy) is 2. The zero-order valence-electron chi connectivity index (χ0n) is 12.1. The van der Waals surface area contributed by atoms with Gasteiger partial charge in [0.1, 0.15) is 17.4 Å². The Morgan fingerprint density at radius 1 is 1.18 bits per heavy atom. The van der Waals surface area contributed by atoms with Crippen LogP contribution in [0, 0.1) is 0 Å². The molecule has 1 heterocycles. The Balaban J connectivity index is 1.68. The van der Waals surface area contributed by atoms with Gasteiger partial charge < -0.3 is 9.47 Å². The molecule has 4 nitrogen and oxygen atoms in total. The van der Waals surface area contributed by atoms with Gasteiger partial charge in [0.05, 0.1) is 23.7 Å². The van der Waals surface area contributed by atoms with E-state index in [1.54, 1.807) is 11.3 Å². The van der Waals surface area contributed by atoms with Gasteiger partial charge in [-0.25, -0.2) is 4.98 Å². The molecule has 0 aliphatic carbocycles. The Bertz CT molecular complexity index is 764. The van der Waals surface area contributed by atoms with Crippen LogP contribution in [0.2, 0.25) is 0 Å². The van der Waals surface area contributed by atoms with Gasteiger partial charge in [0.15, 0.2) is 0 Å². The lowest BCUT2D eigenvalue weighted by molar-refractivity contribution is -0.139. The average molecular weight is 313 g/mol. The van der Waals surface area contributed by atoms with E-state index in [9.17, 15) is 4.79 Å². The number of carbonyl (C=O) groups excluding carboxylic acids is 1. The molecule has 0 fully saturated rings. The van der Waals surface area contributed by atoms with Crippen LogP contribution >= 0.6 is 11.3 Å². The smallest absolute Gasteiger partial charge is 0.309 e. The molecule has 3 aromatic rings. The summed E-state index contributed by atoms with van der Waals surface area (Å²) in [6, 6.07) is 15.5. The van der Waals surface area contributed by atoms with E-state index < -0.39 is 0 Å². The average Bonchev–Trinajstić information content (AvgIpc) is 2.96. The van der Waals surface area contributed by atoms with Crippen molar-refractivity contribution < 1.29 is 14.3 Å². The van der Waals surface area contributed by atoms with Crippen LogP contribution in [0.1, 0.15) is 10.6 Å². The summed E-state index contributed by atoms with van der Waals surface area (Å²) >= 11 is 1.62. The first-order chi connectivity index (χ1) is 10.7. The predicted molar refractivity (Wildman–Crippen MR) is 86.1 cm³/mol. The van der Waals surface area contributed by atoms with Gasteiger partial charge in [-0.3, -0.25) is 4.79 Å². The second-order valence-corrected chi connectivity index (χ2v) is 5.88. The topological polar surface area (TPSA) is 48.4 Å². The number of methoxy groups -OCH3 is 1. The number of aromatic nitrogens is 1. The second kappa shape index (κ2) is 6.58. The van der Waals surface area contributed by atoms with Gasteiger partial charge in [0, 0.05) is 0 Å². The highest BCUT2D eigenvalue weighted by molar-refractivity contribution is 7.18. The Labute approximate surface area is 132 Å². The van der Waals surface area contributed by atoms with Crippen molar-refractivity contribution in [2.75, 3.05) is 7.11 Å². The van der Waals surface area contributed by atoms with Crippen molar-refractivity contribution in [3.63, 3.8) is 0 Å². The lowest BCUT2D eigenvalue weighted by Gasteiger charge is -2.06. The van der Waals surface area contributed by atoms with Crippen LogP contribution in [0.5, 0.6) is 5.75 Å². The molecule has 1 aromatic heterocycles. The Morgan fingerprint density at radius 2 is 2.05 bits per heavy atom. The van der Waals surface area contributed by atoms with Crippen LogP contribution in [0.15, 0.2) is 48.5 Å². The van der Waals surface area contributed by atoms with E-state index in [1.165, 1.54) is 7.11 Å². The molecule has 0 spiro atoms. The molecule has 0 atom stereocenters. The number of hydrogen-bond acceptors (Lipinski definition) is 5. The summed E-state index contributed by atoms with van der Waals surface area (Å²) in [5, 5.41) is 0.930. The minimum absolute atomic E-state index is 0.245. The number of fused-ring (bicyclic) bond motifs is 1. The van der Waals surface area contributed by atoms with Gasteiger partial charge in [0.2, 0.25) is 0 Å². The Hall–Kier alpha value is -2.40. The maximum absolute atomic E-state index is 11.3. The van der Waals surface area contributed by atoms with Crippen molar-refractivity contribution in [2.24, 2.45) is 0 Å².